The Kier molecular flexibility index (Phi) is 6.01. The average molecular weight is 298 g/mol. The van der Waals surface area contributed by atoms with Crippen molar-refractivity contribution in [2.45, 2.75) is 32.6 Å². The lowest BCUT2D eigenvalue weighted by Gasteiger charge is -2.16. The zero-order valence-electron chi connectivity index (χ0n) is 12.9. The highest BCUT2D eigenvalue weighted by molar-refractivity contribution is 5.75. The van der Waals surface area contributed by atoms with Gasteiger partial charge in [-0.2, -0.15) is 0 Å². The smallest absolute Gasteiger partial charge is 0.314 e. The molecule has 3 nitrogen and oxygen atoms in total. The van der Waals surface area contributed by atoms with Crippen LogP contribution in [0.2, 0.25) is 0 Å². The van der Waals surface area contributed by atoms with Crippen LogP contribution in [0.25, 0.3) is 0 Å². The highest BCUT2D eigenvalue weighted by Gasteiger charge is 2.20. The Labute approximate surface area is 131 Å². The van der Waals surface area contributed by atoms with Crippen molar-refractivity contribution in [2.75, 3.05) is 0 Å². The van der Waals surface area contributed by atoms with Crippen molar-refractivity contribution < 1.29 is 14.6 Å². The van der Waals surface area contributed by atoms with Crippen LogP contribution in [0.15, 0.2) is 54.6 Å². The molecule has 0 aliphatic rings. The van der Waals surface area contributed by atoms with Crippen LogP contribution in [0, 0.1) is 5.92 Å². The molecule has 0 spiro atoms. The maximum Gasteiger partial charge on any atom is 0.314 e. The summed E-state index contributed by atoms with van der Waals surface area (Å²) in [5.41, 5.74) is 1.03. The minimum Gasteiger partial charge on any atom is -0.508 e. The molecular formula is C19H22O3. The van der Waals surface area contributed by atoms with E-state index < -0.39 is 0 Å². The molecule has 2 aromatic carbocycles. The Morgan fingerprint density at radius 2 is 1.77 bits per heavy atom. The van der Waals surface area contributed by atoms with Crippen LogP contribution in [-0.4, -0.2) is 11.1 Å². The monoisotopic (exact) mass is 298 g/mol. The summed E-state index contributed by atoms with van der Waals surface area (Å²) in [6, 6.07) is 16.2. The molecule has 0 saturated heterocycles. The number of para-hydroxylation sites is 1. The Hall–Kier alpha value is -2.29. The van der Waals surface area contributed by atoms with Gasteiger partial charge in [-0.25, -0.2) is 0 Å². The number of ether oxygens (including phenoxy) is 1. The van der Waals surface area contributed by atoms with Gasteiger partial charge in [0.1, 0.15) is 11.5 Å². The van der Waals surface area contributed by atoms with Crippen molar-refractivity contribution in [1.29, 1.82) is 0 Å². The number of carbonyl (C=O) groups excluding carboxylic acids is 1. The van der Waals surface area contributed by atoms with Gasteiger partial charge < -0.3 is 9.84 Å². The predicted molar refractivity (Wildman–Crippen MR) is 86.9 cm³/mol. The van der Waals surface area contributed by atoms with E-state index in [2.05, 4.69) is 6.92 Å². The van der Waals surface area contributed by atoms with Crippen LogP contribution in [0.1, 0.15) is 31.7 Å². The van der Waals surface area contributed by atoms with Crippen LogP contribution >= 0.6 is 0 Å². The van der Waals surface area contributed by atoms with Crippen LogP contribution in [0.4, 0.5) is 0 Å². The van der Waals surface area contributed by atoms with Crippen LogP contribution < -0.4 is 4.74 Å². The number of phenols is 1. The number of phenolic OH excluding ortho intramolecular Hbond substituents is 1. The molecule has 0 aliphatic heterocycles. The topological polar surface area (TPSA) is 46.5 Å². The molecule has 1 N–H and O–H groups in total. The molecule has 0 bridgehead atoms. The van der Waals surface area contributed by atoms with E-state index >= 15 is 0 Å². The maximum atomic E-state index is 12.4. The maximum absolute atomic E-state index is 12.4. The van der Waals surface area contributed by atoms with Gasteiger partial charge in [0.05, 0.1) is 5.92 Å². The number of hydrogen-bond donors (Lipinski definition) is 1. The van der Waals surface area contributed by atoms with Gasteiger partial charge in [0.25, 0.3) is 0 Å². The van der Waals surface area contributed by atoms with E-state index in [-0.39, 0.29) is 17.6 Å². The molecule has 0 heterocycles. The molecule has 22 heavy (non-hydrogen) atoms. The minimum atomic E-state index is -0.187. The van der Waals surface area contributed by atoms with Gasteiger partial charge in [-0.05, 0) is 42.7 Å². The number of hydrogen-bond acceptors (Lipinski definition) is 3. The number of unbranched alkanes of at least 4 members (excludes halogenated alkanes) is 1. The molecule has 0 aliphatic carbocycles. The van der Waals surface area contributed by atoms with Gasteiger partial charge in [-0.3, -0.25) is 4.79 Å². The number of carbonyl (C=O) groups is 1. The third-order valence-electron chi connectivity index (χ3n) is 3.62. The first kappa shape index (κ1) is 16.1. The number of aromatic hydroxyl groups is 1. The normalized spacial score (nSPS) is 11.9. The standard InChI is InChI=1S/C19H22O3/c1-2-3-7-16(14-15-10-12-17(20)13-11-15)19(21)22-18-8-5-4-6-9-18/h4-6,8-13,16,20H,2-3,7,14H2,1H3. The number of benzene rings is 2. The fourth-order valence-corrected chi connectivity index (χ4v) is 2.36. The second kappa shape index (κ2) is 8.23. The summed E-state index contributed by atoms with van der Waals surface area (Å²) in [4.78, 5) is 12.4. The molecule has 0 amide bonds. The van der Waals surface area contributed by atoms with E-state index in [9.17, 15) is 9.90 Å². The van der Waals surface area contributed by atoms with E-state index in [0.29, 0.717) is 12.2 Å². The molecule has 1 atom stereocenters. The summed E-state index contributed by atoms with van der Waals surface area (Å²) >= 11 is 0. The molecule has 0 radical (unpaired) electrons. The lowest BCUT2D eigenvalue weighted by Crippen LogP contribution is -2.22. The molecule has 1 unspecified atom stereocenters. The van der Waals surface area contributed by atoms with E-state index in [1.807, 2.05) is 30.3 Å². The molecular weight excluding hydrogens is 276 g/mol. The van der Waals surface area contributed by atoms with Gasteiger partial charge in [0.2, 0.25) is 0 Å². The summed E-state index contributed by atoms with van der Waals surface area (Å²) in [7, 11) is 0. The molecule has 0 saturated carbocycles. The Morgan fingerprint density at radius 3 is 2.41 bits per heavy atom. The number of esters is 1. The van der Waals surface area contributed by atoms with Crippen molar-refractivity contribution >= 4 is 5.97 Å². The third-order valence-corrected chi connectivity index (χ3v) is 3.62. The Morgan fingerprint density at radius 1 is 1.09 bits per heavy atom. The molecule has 0 fully saturated rings. The lowest BCUT2D eigenvalue weighted by atomic mass is 9.94. The van der Waals surface area contributed by atoms with Crippen LogP contribution in [0.3, 0.4) is 0 Å². The first-order valence-electron chi connectivity index (χ1n) is 7.73. The van der Waals surface area contributed by atoms with Crippen LogP contribution in [-0.2, 0) is 11.2 Å². The zero-order valence-corrected chi connectivity index (χ0v) is 12.9. The van der Waals surface area contributed by atoms with E-state index in [4.69, 9.17) is 4.74 Å². The van der Waals surface area contributed by atoms with E-state index in [1.165, 1.54) is 0 Å². The van der Waals surface area contributed by atoms with Crippen molar-refractivity contribution in [3.63, 3.8) is 0 Å². The van der Waals surface area contributed by atoms with Crippen LogP contribution in [0.5, 0.6) is 11.5 Å². The molecule has 2 rings (SSSR count). The fraction of sp³-hybridized carbons (Fsp3) is 0.316. The molecule has 0 aromatic heterocycles. The van der Waals surface area contributed by atoms with Gasteiger partial charge >= 0.3 is 5.97 Å². The highest BCUT2D eigenvalue weighted by Crippen LogP contribution is 2.20. The second-order valence-electron chi connectivity index (χ2n) is 5.44. The third kappa shape index (κ3) is 4.92. The minimum absolute atomic E-state index is 0.162. The lowest BCUT2D eigenvalue weighted by molar-refractivity contribution is -0.139. The number of rotatable bonds is 7. The van der Waals surface area contributed by atoms with Gasteiger partial charge in [-0.15, -0.1) is 0 Å². The Balaban J connectivity index is 2.04. The Bertz CT molecular complexity index is 575. The van der Waals surface area contributed by atoms with Crippen molar-refractivity contribution in [3.05, 3.63) is 60.2 Å². The first-order valence-corrected chi connectivity index (χ1v) is 7.73. The summed E-state index contributed by atoms with van der Waals surface area (Å²) in [5, 5.41) is 9.34. The fourth-order valence-electron chi connectivity index (χ4n) is 2.36. The quantitative estimate of drug-likeness (QED) is 0.610. The first-order chi connectivity index (χ1) is 10.7. The largest absolute Gasteiger partial charge is 0.508 e. The second-order valence-corrected chi connectivity index (χ2v) is 5.44. The van der Waals surface area contributed by atoms with Gasteiger partial charge in [0.15, 0.2) is 0 Å². The molecule has 3 heteroatoms. The van der Waals surface area contributed by atoms with Gasteiger partial charge in [0, 0.05) is 0 Å². The van der Waals surface area contributed by atoms with Crippen molar-refractivity contribution in [3.8, 4) is 11.5 Å². The predicted octanol–water partition coefficient (Wildman–Crippen LogP) is 4.35. The molecule has 116 valence electrons. The highest BCUT2D eigenvalue weighted by atomic mass is 16.5. The molecule has 2 aromatic rings. The summed E-state index contributed by atoms with van der Waals surface area (Å²) in [6.45, 7) is 2.11. The average Bonchev–Trinajstić information content (AvgIpc) is 2.54. The van der Waals surface area contributed by atoms with E-state index in [0.717, 1.165) is 24.8 Å². The zero-order chi connectivity index (χ0) is 15.8. The van der Waals surface area contributed by atoms with Crippen molar-refractivity contribution in [1.82, 2.24) is 0 Å². The van der Waals surface area contributed by atoms with Crippen molar-refractivity contribution in [2.24, 2.45) is 5.92 Å². The SMILES string of the molecule is CCCCC(Cc1ccc(O)cc1)C(=O)Oc1ccccc1. The van der Waals surface area contributed by atoms with E-state index in [1.54, 1.807) is 24.3 Å². The summed E-state index contributed by atoms with van der Waals surface area (Å²) < 4.78 is 5.48. The summed E-state index contributed by atoms with van der Waals surface area (Å²) in [6.07, 6.45) is 3.48. The van der Waals surface area contributed by atoms with Gasteiger partial charge in [-0.1, -0.05) is 50.1 Å². The summed E-state index contributed by atoms with van der Waals surface area (Å²) in [5.74, 6) is 0.470.